The van der Waals surface area contributed by atoms with E-state index in [2.05, 4.69) is 10.3 Å². The largest absolute Gasteiger partial charge is 0.445 e. The number of oxazole rings is 1. The van der Waals surface area contributed by atoms with Gasteiger partial charge in [-0.25, -0.2) is 4.98 Å². The van der Waals surface area contributed by atoms with Crippen LogP contribution in [0.15, 0.2) is 10.6 Å². The van der Waals surface area contributed by atoms with E-state index in [0.717, 1.165) is 30.5 Å². The van der Waals surface area contributed by atoms with Crippen molar-refractivity contribution in [3.05, 3.63) is 17.8 Å². The maximum Gasteiger partial charge on any atom is 0.194 e. The molecular weight excluding hydrogens is 200 g/mol. The predicted octanol–water partition coefficient (Wildman–Crippen LogP) is 2.48. The molecule has 0 aromatic carbocycles. The molecule has 1 atom stereocenters. The molecule has 1 aromatic heterocycles. The van der Waals surface area contributed by atoms with E-state index < -0.39 is 0 Å². The molecule has 1 aromatic rings. The van der Waals surface area contributed by atoms with Gasteiger partial charge in [0.05, 0.1) is 6.20 Å². The lowest BCUT2D eigenvalue weighted by atomic mass is 9.84. The molecule has 1 unspecified atom stereocenters. The van der Waals surface area contributed by atoms with E-state index in [-0.39, 0.29) is 0 Å². The Morgan fingerprint density at radius 1 is 1.31 bits per heavy atom. The Bertz CT molecular complexity index is 337. The zero-order chi connectivity index (χ0) is 10.8. The van der Waals surface area contributed by atoms with Crippen LogP contribution in [0.25, 0.3) is 0 Å². The van der Waals surface area contributed by atoms with Crippen molar-refractivity contribution in [1.29, 1.82) is 0 Å². The van der Waals surface area contributed by atoms with E-state index in [9.17, 15) is 0 Å². The Morgan fingerprint density at radius 3 is 2.94 bits per heavy atom. The molecule has 1 aliphatic heterocycles. The van der Waals surface area contributed by atoms with E-state index in [1.165, 1.54) is 38.6 Å². The molecule has 2 heterocycles. The molecule has 0 amide bonds. The Hall–Kier alpha value is -0.830. The SMILES string of the molecule is c1nc(CC2CCCNC2)oc1C1CCC1. The van der Waals surface area contributed by atoms with E-state index in [0.29, 0.717) is 5.92 Å². The first-order valence-electron chi connectivity index (χ1n) is 6.57. The highest BCUT2D eigenvalue weighted by atomic mass is 16.4. The summed E-state index contributed by atoms with van der Waals surface area (Å²) in [6, 6.07) is 0. The van der Waals surface area contributed by atoms with Crippen molar-refractivity contribution in [2.24, 2.45) is 5.92 Å². The summed E-state index contributed by atoms with van der Waals surface area (Å²) < 4.78 is 5.85. The lowest BCUT2D eigenvalue weighted by Gasteiger charge is -2.23. The monoisotopic (exact) mass is 220 g/mol. The minimum atomic E-state index is 0.672. The van der Waals surface area contributed by atoms with Gasteiger partial charge in [0.15, 0.2) is 5.89 Å². The summed E-state index contributed by atoms with van der Waals surface area (Å²) in [6.45, 7) is 2.30. The van der Waals surface area contributed by atoms with Crippen LogP contribution in [0.4, 0.5) is 0 Å². The summed E-state index contributed by atoms with van der Waals surface area (Å²) in [6.07, 6.45) is 9.51. The van der Waals surface area contributed by atoms with Gasteiger partial charge in [0.2, 0.25) is 0 Å². The third kappa shape index (κ3) is 2.14. The van der Waals surface area contributed by atoms with Crippen LogP contribution in [0.3, 0.4) is 0 Å². The van der Waals surface area contributed by atoms with Crippen molar-refractivity contribution in [1.82, 2.24) is 10.3 Å². The third-order valence-corrected chi connectivity index (χ3v) is 3.94. The second kappa shape index (κ2) is 4.58. The van der Waals surface area contributed by atoms with Crippen LogP contribution in [0.1, 0.15) is 49.7 Å². The van der Waals surface area contributed by atoms with E-state index in [4.69, 9.17) is 4.42 Å². The third-order valence-electron chi connectivity index (χ3n) is 3.94. The average molecular weight is 220 g/mol. The smallest absolute Gasteiger partial charge is 0.194 e. The van der Waals surface area contributed by atoms with Gasteiger partial charge in [0.1, 0.15) is 5.76 Å². The maximum absolute atomic E-state index is 5.85. The second-order valence-electron chi connectivity index (χ2n) is 5.20. The summed E-state index contributed by atoms with van der Waals surface area (Å²) in [5, 5.41) is 3.44. The minimum absolute atomic E-state index is 0.672. The molecule has 3 nitrogen and oxygen atoms in total. The fourth-order valence-corrected chi connectivity index (χ4v) is 2.65. The number of hydrogen-bond donors (Lipinski definition) is 1. The number of nitrogens with one attached hydrogen (secondary N) is 1. The fraction of sp³-hybridized carbons (Fsp3) is 0.769. The molecule has 0 spiro atoms. The summed E-state index contributed by atoms with van der Waals surface area (Å²) in [7, 11) is 0. The van der Waals surface area contributed by atoms with Gasteiger partial charge in [0, 0.05) is 12.3 Å². The highest BCUT2D eigenvalue weighted by molar-refractivity contribution is 5.05. The average Bonchev–Trinajstić information content (AvgIpc) is 2.65. The van der Waals surface area contributed by atoms with Crippen molar-refractivity contribution in [3.8, 4) is 0 Å². The minimum Gasteiger partial charge on any atom is -0.445 e. The molecule has 0 bridgehead atoms. The Kier molecular flexibility index (Phi) is 2.96. The lowest BCUT2D eigenvalue weighted by molar-refractivity contribution is 0.309. The summed E-state index contributed by atoms with van der Waals surface area (Å²) in [5.74, 6) is 3.48. The predicted molar refractivity (Wildman–Crippen MR) is 62.4 cm³/mol. The van der Waals surface area contributed by atoms with Crippen molar-refractivity contribution in [3.63, 3.8) is 0 Å². The molecule has 16 heavy (non-hydrogen) atoms. The fourth-order valence-electron chi connectivity index (χ4n) is 2.65. The normalized spacial score (nSPS) is 26.6. The molecule has 1 saturated heterocycles. The van der Waals surface area contributed by atoms with Gasteiger partial charge in [-0.3, -0.25) is 0 Å². The first-order valence-corrected chi connectivity index (χ1v) is 6.57. The number of rotatable bonds is 3. The van der Waals surface area contributed by atoms with Gasteiger partial charge in [0.25, 0.3) is 0 Å². The Balaban J connectivity index is 1.58. The van der Waals surface area contributed by atoms with Gasteiger partial charge < -0.3 is 9.73 Å². The summed E-state index contributed by atoms with van der Waals surface area (Å²) in [5.41, 5.74) is 0. The van der Waals surface area contributed by atoms with Gasteiger partial charge in [-0.2, -0.15) is 0 Å². The van der Waals surface area contributed by atoms with Crippen LogP contribution in [0, 0.1) is 5.92 Å². The number of aromatic nitrogens is 1. The summed E-state index contributed by atoms with van der Waals surface area (Å²) >= 11 is 0. The molecule has 1 aliphatic carbocycles. The van der Waals surface area contributed by atoms with Crippen molar-refractivity contribution >= 4 is 0 Å². The van der Waals surface area contributed by atoms with Gasteiger partial charge in [-0.15, -0.1) is 0 Å². The number of hydrogen-bond acceptors (Lipinski definition) is 3. The topological polar surface area (TPSA) is 38.1 Å². The standard InChI is InChI=1S/C13H20N2O/c1-4-11(5-1)12-9-15-13(16-12)7-10-3-2-6-14-8-10/h9-11,14H,1-8H2. The molecule has 88 valence electrons. The van der Waals surface area contributed by atoms with Crippen LogP contribution in [0.2, 0.25) is 0 Å². The van der Waals surface area contributed by atoms with Crippen LogP contribution in [0.5, 0.6) is 0 Å². The number of nitrogens with zero attached hydrogens (tertiary/aromatic N) is 1. The van der Waals surface area contributed by atoms with E-state index in [1.54, 1.807) is 0 Å². The van der Waals surface area contributed by atoms with Gasteiger partial charge in [-0.05, 0) is 44.7 Å². The Morgan fingerprint density at radius 2 is 2.25 bits per heavy atom. The van der Waals surface area contributed by atoms with Gasteiger partial charge >= 0.3 is 0 Å². The maximum atomic E-state index is 5.85. The Labute approximate surface area is 96.6 Å². The molecule has 3 heteroatoms. The molecular formula is C13H20N2O. The van der Waals surface area contributed by atoms with Crippen LogP contribution in [-0.2, 0) is 6.42 Å². The van der Waals surface area contributed by atoms with Crippen LogP contribution < -0.4 is 5.32 Å². The molecule has 0 radical (unpaired) electrons. The first-order chi connectivity index (χ1) is 7.92. The van der Waals surface area contributed by atoms with Crippen LogP contribution in [-0.4, -0.2) is 18.1 Å². The highest BCUT2D eigenvalue weighted by Gasteiger charge is 2.24. The molecule has 1 N–H and O–H groups in total. The van der Waals surface area contributed by atoms with Crippen molar-refractivity contribution in [2.45, 2.75) is 44.4 Å². The first kappa shape index (κ1) is 10.3. The van der Waals surface area contributed by atoms with E-state index in [1.807, 2.05) is 6.20 Å². The summed E-state index contributed by atoms with van der Waals surface area (Å²) in [4.78, 5) is 4.42. The number of piperidine rings is 1. The quantitative estimate of drug-likeness (QED) is 0.850. The highest BCUT2D eigenvalue weighted by Crippen LogP contribution is 2.36. The lowest BCUT2D eigenvalue weighted by Crippen LogP contribution is -2.30. The zero-order valence-electron chi connectivity index (χ0n) is 9.74. The molecule has 3 rings (SSSR count). The molecule has 2 aliphatic rings. The van der Waals surface area contributed by atoms with E-state index >= 15 is 0 Å². The molecule has 1 saturated carbocycles. The van der Waals surface area contributed by atoms with Gasteiger partial charge in [-0.1, -0.05) is 6.42 Å². The second-order valence-corrected chi connectivity index (χ2v) is 5.20. The van der Waals surface area contributed by atoms with Crippen molar-refractivity contribution in [2.75, 3.05) is 13.1 Å². The van der Waals surface area contributed by atoms with Crippen molar-refractivity contribution < 1.29 is 4.42 Å². The zero-order valence-corrected chi connectivity index (χ0v) is 9.74. The van der Waals surface area contributed by atoms with Crippen LogP contribution >= 0.6 is 0 Å². The molecule has 2 fully saturated rings.